The standard InChI is InChI=1S/C70H133NO13/c1-3-5-7-9-11-13-15-17-19-21-23-24-25-26-27-28-29-30-31-32-33-34-36-38-40-42-44-46-48-50-52-54-62(75)71-58(59(74)53-51-49-47-45-43-41-39-37-35-22-20-18-16-14-12-10-8-6-4-2)57-81-69-67(80)65(78)68(61(56-73)83-69)84-70-66(79)64(77)63(76)60(55-72)82-70/h43,45,51,53,58-61,63-70,72-74,76-80H,3-42,44,46-50,52,54-57H2,1-2H3,(H,71,75)/b45-43+,53-51+. The van der Waals surface area contributed by atoms with Crippen molar-refractivity contribution >= 4 is 5.91 Å². The lowest BCUT2D eigenvalue weighted by Gasteiger charge is -2.46. The molecule has 496 valence electrons. The van der Waals surface area contributed by atoms with Gasteiger partial charge in [0.15, 0.2) is 12.6 Å². The van der Waals surface area contributed by atoms with Crippen LogP contribution >= 0.6 is 0 Å². The Kier molecular flexibility index (Phi) is 51.9. The fraction of sp³-hybridized carbons (Fsp3) is 0.929. The van der Waals surface area contributed by atoms with E-state index in [1.54, 1.807) is 6.08 Å². The number of carbonyl (C=O) groups is 1. The van der Waals surface area contributed by atoms with E-state index in [1.165, 1.54) is 257 Å². The smallest absolute Gasteiger partial charge is 0.220 e. The van der Waals surface area contributed by atoms with Gasteiger partial charge in [0.25, 0.3) is 0 Å². The Hall–Kier alpha value is -1.53. The highest BCUT2D eigenvalue weighted by atomic mass is 16.7. The molecule has 12 unspecified atom stereocenters. The summed E-state index contributed by atoms with van der Waals surface area (Å²) in [6.45, 7) is 2.83. The molecule has 2 saturated heterocycles. The number of carbonyl (C=O) groups excluding carboxylic acids is 1. The summed E-state index contributed by atoms with van der Waals surface area (Å²) in [6, 6.07) is -0.929. The summed E-state index contributed by atoms with van der Waals surface area (Å²) in [4.78, 5) is 13.3. The van der Waals surface area contributed by atoms with Gasteiger partial charge in [0, 0.05) is 6.42 Å². The van der Waals surface area contributed by atoms with Crippen LogP contribution in [0.2, 0.25) is 0 Å². The van der Waals surface area contributed by atoms with Crippen LogP contribution in [-0.4, -0.2) is 140 Å². The minimum atomic E-state index is -1.79. The Bertz CT molecular complexity index is 1500. The molecule has 0 aromatic rings. The third-order valence-corrected chi connectivity index (χ3v) is 17.6. The Morgan fingerprint density at radius 2 is 0.762 bits per heavy atom. The van der Waals surface area contributed by atoms with Crippen LogP contribution < -0.4 is 5.32 Å². The van der Waals surface area contributed by atoms with Crippen LogP contribution in [0.4, 0.5) is 0 Å². The van der Waals surface area contributed by atoms with Crippen molar-refractivity contribution < 1.29 is 64.6 Å². The fourth-order valence-corrected chi connectivity index (χ4v) is 12.0. The number of unbranched alkanes of at least 4 members (excludes halogenated alkanes) is 44. The Balaban J connectivity index is 1.65. The van der Waals surface area contributed by atoms with E-state index in [0.29, 0.717) is 12.8 Å². The molecule has 84 heavy (non-hydrogen) atoms. The van der Waals surface area contributed by atoms with E-state index >= 15 is 0 Å². The minimum absolute atomic E-state index is 0.242. The van der Waals surface area contributed by atoms with Crippen molar-refractivity contribution in [1.82, 2.24) is 5.32 Å². The molecular weight excluding hydrogens is 1060 g/mol. The van der Waals surface area contributed by atoms with Gasteiger partial charge in [-0.2, -0.15) is 0 Å². The molecule has 0 aromatic carbocycles. The normalized spacial score (nSPS) is 23.7. The highest BCUT2D eigenvalue weighted by molar-refractivity contribution is 5.76. The van der Waals surface area contributed by atoms with Crippen LogP contribution in [0.3, 0.4) is 0 Å². The molecule has 2 fully saturated rings. The van der Waals surface area contributed by atoms with Crippen molar-refractivity contribution in [2.45, 2.75) is 396 Å². The fourth-order valence-electron chi connectivity index (χ4n) is 12.0. The number of aliphatic hydroxyl groups excluding tert-OH is 8. The largest absolute Gasteiger partial charge is 0.394 e. The molecule has 0 aliphatic carbocycles. The Morgan fingerprint density at radius 3 is 1.17 bits per heavy atom. The maximum atomic E-state index is 13.3. The van der Waals surface area contributed by atoms with Gasteiger partial charge >= 0.3 is 0 Å². The summed E-state index contributed by atoms with van der Waals surface area (Å²) in [6.07, 6.45) is 52.5. The second kappa shape index (κ2) is 55.5. The van der Waals surface area contributed by atoms with Crippen LogP contribution in [0.25, 0.3) is 0 Å². The van der Waals surface area contributed by atoms with Crippen molar-refractivity contribution in [2.75, 3.05) is 19.8 Å². The second-order valence-corrected chi connectivity index (χ2v) is 25.4. The lowest BCUT2D eigenvalue weighted by atomic mass is 9.97. The first-order valence-corrected chi connectivity index (χ1v) is 35.6. The molecule has 2 aliphatic heterocycles. The van der Waals surface area contributed by atoms with E-state index in [2.05, 4.69) is 31.3 Å². The summed E-state index contributed by atoms with van der Waals surface area (Å²) in [5.74, 6) is -0.242. The highest BCUT2D eigenvalue weighted by Crippen LogP contribution is 2.30. The van der Waals surface area contributed by atoms with E-state index in [1.807, 2.05) is 6.08 Å². The monoisotopic (exact) mass is 1200 g/mol. The molecule has 0 bridgehead atoms. The number of amides is 1. The summed E-state index contributed by atoms with van der Waals surface area (Å²) >= 11 is 0. The second-order valence-electron chi connectivity index (χ2n) is 25.4. The number of allylic oxidation sites excluding steroid dienone is 3. The molecule has 0 aromatic heterocycles. The molecular formula is C70H133NO13. The lowest BCUT2D eigenvalue weighted by Crippen LogP contribution is -2.65. The predicted molar refractivity (Wildman–Crippen MR) is 342 cm³/mol. The average Bonchev–Trinajstić information content (AvgIpc) is 3.50. The molecule has 9 N–H and O–H groups in total. The molecule has 12 atom stereocenters. The van der Waals surface area contributed by atoms with Crippen LogP contribution in [0.5, 0.6) is 0 Å². The minimum Gasteiger partial charge on any atom is -0.394 e. The summed E-state index contributed by atoms with van der Waals surface area (Å²) in [5.41, 5.74) is 0. The number of aliphatic hydroxyl groups is 8. The van der Waals surface area contributed by atoms with E-state index in [9.17, 15) is 45.6 Å². The number of ether oxygens (including phenoxy) is 4. The van der Waals surface area contributed by atoms with Gasteiger partial charge in [-0.25, -0.2) is 0 Å². The predicted octanol–water partition coefficient (Wildman–Crippen LogP) is 14.3. The number of hydrogen-bond donors (Lipinski definition) is 9. The van der Waals surface area contributed by atoms with Gasteiger partial charge in [-0.15, -0.1) is 0 Å². The van der Waals surface area contributed by atoms with Crippen molar-refractivity contribution in [3.05, 3.63) is 24.3 Å². The van der Waals surface area contributed by atoms with Gasteiger partial charge in [-0.3, -0.25) is 4.79 Å². The van der Waals surface area contributed by atoms with Gasteiger partial charge in [0.2, 0.25) is 5.91 Å². The Labute approximate surface area is 513 Å². The third kappa shape index (κ3) is 39.5. The molecule has 14 nitrogen and oxygen atoms in total. The van der Waals surface area contributed by atoms with Crippen LogP contribution in [-0.2, 0) is 23.7 Å². The van der Waals surface area contributed by atoms with Crippen molar-refractivity contribution in [2.24, 2.45) is 0 Å². The third-order valence-electron chi connectivity index (χ3n) is 17.6. The zero-order valence-electron chi connectivity index (χ0n) is 53.9. The molecule has 0 saturated carbocycles. The topological polar surface area (TPSA) is 228 Å². The van der Waals surface area contributed by atoms with Crippen molar-refractivity contribution in [3.63, 3.8) is 0 Å². The van der Waals surface area contributed by atoms with Gasteiger partial charge in [-0.1, -0.05) is 308 Å². The highest BCUT2D eigenvalue weighted by Gasteiger charge is 2.51. The maximum Gasteiger partial charge on any atom is 0.220 e. The van der Waals surface area contributed by atoms with E-state index < -0.39 is 86.8 Å². The SMILES string of the molecule is CCCCCCCCCCCCCCC/C=C/CC/C=C/C(O)C(COC1OC(CO)C(OC2OC(CO)C(O)C(O)C2O)C(O)C1O)NC(=O)CCCCCCCCCCCCCCCCCCCCCCCCCCCCCCCCC. The number of rotatable bonds is 59. The molecule has 1 amide bonds. The molecule has 0 spiro atoms. The summed E-state index contributed by atoms with van der Waals surface area (Å²) < 4.78 is 22.8. The molecule has 2 aliphatic rings. The maximum absolute atomic E-state index is 13.3. The zero-order chi connectivity index (χ0) is 60.9. The van der Waals surface area contributed by atoms with Crippen LogP contribution in [0.15, 0.2) is 24.3 Å². The van der Waals surface area contributed by atoms with E-state index in [-0.39, 0.29) is 18.9 Å². The zero-order valence-corrected chi connectivity index (χ0v) is 53.9. The van der Waals surface area contributed by atoms with Crippen molar-refractivity contribution in [1.29, 1.82) is 0 Å². The summed E-state index contributed by atoms with van der Waals surface area (Å²) in [7, 11) is 0. The Morgan fingerprint density at radius 1 is 0.417 bits per heavy atom. The lowest BCUT2D eigenvalue weighted by molar-refractivity contribution is -0.359. The molecule has 0 radical (unpaired) electrons. The van der Waals surface area contributed by atoms with Crippen LogP contribution in [0.1, 0.15) is 322 Å². The first kappa shape index (κ1) is 78.6. The quantitative estimate of drug-likeness (QED) is 0.0204. The first-order valence-electron chi connectivity index (χ1n) is 35.6. The number of hydrogen-bond acceptors (Lipinski definition) is 13. The van der Waals surface area contributed by atoms with Crippen LogP contribution in [0, 0.1) is 0 Å². The van der Waals surface area contributed by atoms with Gasteiger partial charge in [-0.05, 0) is 32.1 Å². The molecule has 2 heterocycles. The van der Waals surface area contributed by atoms with Crippen molar-refractivity contribution in [3.8, 4) is 0 Å². The average molecular weight is 1200 g/mol. The summed E-state index contributed by atoms with van der Waals surface area (Å²) in [5, 5.41) is 87.4. The van der Waals surface area contributed by atoms with E-state index in [0.717, 1.165) is 32.1 Å². The first-order chi connectivity index (χ1) is 41.1. The molecule has 14 heteroatoms. The van der Waals surface area contributed by atoms with Gasteiger partial charge in [0.05, 0.1) is 32.0 Å². The van der Waals surface area contributed by atoms with Gasteiger partial charge < -0.3 is 65.1 Å². The number of nitrogens with one attached hydrogen (secondary N) is 1. The molecule has 2 rings (SSSR count). The van der Waals surface area contributed by atoms with E-state index in [4.69, 9.17) is 18.9 Å². The van der Waals surface area contributed by atoms with Gasteiger partial charge in [0.1, 0.15) is 48.8 Å².